The minimum atomic E-state index is -4.34. The van der Waals surface area contributed by atoms with Crippen LogP contribution in [-0.2, 0) is 26.8 Å². The molecule has 0 aliphatic rings. The van der Waals surface area contributed by atoms with Crippen molar-refractivity contribution in [1.82, 2.24) is 0 Å². The van der Waals surface area contributed by atoms with Crippen LogP contribution in [0.5, 0.6) is 0 Å². The van der Waals surface area contributed by atoms with E-state index in [0.29, 0.717) is 6.42 Å². The van der Waals surface area contributed by atoms with Gasteiger partial charge in [0.1, 0.15) is 0 Å². The lowest BCUT2D eigenvalue weighted by atomic mass is 9.90. The Bertz CT molecular complexity index is 612. The zero-order valence-electron chi connectivity index (χ0n) is 21.6. The van der Waals surface area contributed by atoms with Gasteiger partial charge in [0.2, 0.25) is 0 Å². The molecule has 1 atom stereocenters. The fourth-order valence-corrected chi connectivity index (χ4v) is 4.05. The van der Waals surface area contributed by atoms with Crippen molar-refractivity contribution < 1.29 is 27.4 Å². The molecule has 0 aliphatic carbocycles. The van der Waals surface area contributed by atoms with Crippen molar-refractivity contribution in [2.45, 2.75) is 130 Å². The van der Waals surface area contributed by atoms with Crippen molar-refractivity contribution in [2.75, 3.05) is 0 Å². The monoisotopic (exact) mass is 474 g/mol. The van der Waals surface area contributed by atoms with Crippen LogP contribution in [0.25, 0.3) is 0 Å². The molecule has 1 aromatic rings. The van der Waals surface area contributed by atoms with Crippen LogP contribution in [0.3, 0.4) is 0 Å². The summed E-state index contributed by atoms with van der Waals surface area (Å²) in [5.74, 6) is -1.42. The number of alkyl halides is 3. The molecule has 33 heavy (non-hydrogen) atoms. The molecule has 0 aromatic heterocycles. The van der Waals surface area contributed by atoms with Crippen LogP contribution in [0.1, 0.15) is 105 Å². The van der Waals surface area contributed by atoms with Gasteiger partial charge in [-0.2, -0.15) is 13.2 Å². The molecule has 1 aromatic carbocycles. The molecule has 0 spiro atoms. The minimum Gasteiger partial charge on any atom is -0.324 e. The molecule has 0 heterocycles. The van der Waals surface area contributed by atoms with E-state index in [0.717, 1.165) is 37.0 Å². The Labute approximate surface area is 199 Å². The molecular formula is C27H45F3O3. The number of halogens is 3. The van der Waals surface area contributed by atoms with Crippen molar-refractivity contribution in [3.05, 3.63) is 35.4 Å². The van der Waals surface area contributed by atoms with Gasteiger partial charge in [0.05, 0.1) is 23.9 Å². The molecule has 0 radical (unpaired) electrons. The Morgan fingerprint density at radius 3 is 1.58 bits per heavy atom. The summed E-state index contributed by atoms with van der Waals surface area (Å²) in [6.07, 6.45) is 3.49. The molecule has 6 heteroatoms. The molecular weight excluding hydrogens is 429 g/mol. The van der Waals surface area contributed by atoms with Crippen LogP contribution in [-0.4, -0.2) is 24.3 Å². The van der Waals surface area contributed by atoms with Gasteiger partial charge in [0.25, 0.3) is 5.97 Å². The van der Waals surface area contributed by atoms with E-state index in [1.165, 1.54) is 25.7 Å². The lowest BCUT2D eigenvalue weighted by Gasteiger charge is -2.43. The first-order chi connectivity index (χ1) is 15.4. The third kappa shape index (κ3) is 11.2. The van der Waals surface area contributed by atoms with Crippen molar-refractivity contribution in [1.29, 1.82) is 0 Å². The predicted octanol–water partition coefficient (Wildman–Crippen LogP) is 8.54. The second-order valence-electron chi connectivity index (χ2n) is 9.76. The average molecular weight is 475 g/mol. The number of ether oxygens (including phenoxy) is 3. The van der Waals surface area contributed by atoms with Crippen LogP contribution >= 0.6 is 0 Å². The minimum absolute atomic E-state index is 0.137. The average Bonchev–Trinajstić information content (AvgIpc) is 2.67. The second-order valence-corrected chi connectivity index (χ2v) is 9.76. The summed E-state index contributed by atoms with van der Waals surface area (Å²) in [5.41, 5.74) is 0.177. The van der Waals surface area contributed by atoms with E-state index in [1.54, 1.807) is 12.1 Å². The van der Waals surface area contributed by atoms with Gasteiger partial charge in [-0.05, 0) is 72.1 Å². The van der Waals surface area contributed by atoms with Crippen molar-refractivity contribution in [3.8, 4) is 0 Å². The topological polar surface area (TPSA) is 27.7 Å². The Morgan fingerprint density at radius 1 is 0.697 bits per heavy atom. The van der Waals surface area contributed by atoms with Gasteiger partial charge in [0, 0.05) is 5.92 Å². The highest BCUT2D eigenvalue weighted by atomic mass is 19.4. The summed E-state index contributed by atoms with van der Waals surface area (Å²) in [4.78, 5) is 0. The fraction of sp³-hybridized carbons (Fsp3) is 0.778. The summed E-state index contributed by atoms with van der Waals surface area (Å²) in [6.45, 7) is 13.9. The fourth-order valence-electron chi connectivity index (χ4n) is 4.05. The molecule has 1 unspecified atom stereocenters. The maximum absolute atomic E-state index is 13.0. The summed E-state index contributed by atoms with van der Waals surface area (Å²) in [7, 11) is 0. The van der Waals surface area contributed by atoms with Gasteiger partial charge in [-0.25, -0.2) is 0 Å². The van der Waals surface area contributed by atoms with Gasteiger partial charge < -0.3 is 14.2 Å². The third-order valence-corrected chi connectivity index (χ3v) is 5.37. The number of unbranched alkanes of at least 4 members (excludes halogenated alkanes) is 5. The first kappa shape index (κ1) is 29.9. The Kier molecular flexibility index (Phi) is 13.0. The maximum atomic E-state index is 13.0. The quantitative estimate of drug-likeness (QED) is 0.177. The van der Waals surface area contributed by atoms with E-state index in [1.807, 2.05) is 41.5 Å². The molecule has 1 rings (SSSR count). The summed E-state index contributed by atoms with van der Waals surface area (Å²) in [5, 5.41) is 0. The van der Waals surface area contributed by atoms with Crippen LogP contribution in [0.2, 0.25) is 0 Å². The van der Waals surface area contributed by atoms with Gasteiger partial charge in [-0.15, -0.1) is 0 Å². The maximum Gasteiger partial charge on any atom is 0.416 e. The number of rotatable bonds is 16. The zero-order valence-corrected chi connectivity index (χ0v) is 21.6. The largest absolute Gasteiger partial charge is 0.416 e. The Balaban J connectivity index is 3.20. The van der Waals surface area contributed by atoms with E-state index >= 15 is 0 Å². The van der Waals surface area contributed by atoms with Gasteiger partial charge >= 0.3 is 6.18 Å². The Hall–Kier alpha value is -1.11. The van der Waals surface area contributed by atoms with Crippen LogP contribution < -0.4 is 0 Å². The summed E-state index contributed by atoms with van der Waals surface area (Å²) >= 11 is 0. The highest BCUT2D eigenvalue weighted by Gasteiger charge is 2.45. The van der Waals surface area contributed by atoms with E-state index in [4.69, 9.17) is 14.2 Å². The smallest absolute Gasteiger partial charge is 0.324 e. The lowest BCUT2D eigenvalue weighted by molar-refractivity contribution is -0.432. The predicted molar refractivity (Wildman–Crippen MR) is 128 cm³/mol. The normalized spacial score (nSPS) is 14.0. The standard InChI is InChI=1S/C27H45F3O3/c1-8-9-10-11-12-13-14-25(19-23-15-17-24(18-16-23)26(28,29)30)27(31-20(2)3,32-21(4)5)33-22(6)7/h15-18,20-22,25H,8-14,19H2,1-7H3. The van der Waals surface area contributed by atoms with Crippen LogP contribution in [0.4, 0.5) is 13.2 Å². The third-order valence-electron chi connectivity index (χ3n) is 5.37. The number of hydrogen-bond donors (Lipinski definition) is 0. The zero-order chi connectivity index (χ0) is 25.1. The van der Waals surface area contributed by atoms with E-state index in [2.05, 4.69) is 6.92 Å². The number of hydrogen-bond acceptors (Lipinski definition) is 3. The van der Waals surface area contributed by atoms with Gasteiger partial charge in [-0.3, -0.25) is 0 Å². The first-order valence-corrected chi connectivity index (χ1v) is 12.6. The molecule has 0 bridgehead atoms. The SMILES string of the molecule is CCCCCCCCC(Cc1ccc(C(F)(F)F)cc1)C(OC(C)C)(OC(C)C)OC(C)C. The van der Waals surface area contributed by atoms with Crippen molar-refractivity contribution in [2.24, 2.45) is 5.92 Å². The van der Waals surface area contributed by atoms with E-state index < -0.39 is 17.7 Å². The van der Waals surface area contributed by atoms with Gasteiger partial charge in [-0.1, -0.05) is 57.6 Å². The molecule has 0 aliphatic heterocycles. The van der Waals surface area contributed by atoms with E-state index in [9.17, 15) is 13.2 Å². The molecule has 0 fully saturated rings. The Morgan fingerprint density at radius 2 is 1.15 bits per heavy atom. The van der Waals surface area contributed by atoms with E-state index in [-0.39, 0.29) is 24.2 Å². The van der Waals surface area contributed by atoms with Crippen molar-refractivity contribution in [3.63, 3.8) is 0 Å². The number of benzene rings is 1. The van der Waals surface area contributed by atoms with Crippen LogP contribution in [0.15, 0.2) is 24.3 Å². The second kappa shape index (κ2) is 14.3. The highest BCUT2D eigenvalue weighted by Crippen LogP contribution is 2.37. The lowest BCUT2D eigenvalue weighted by Crippen LogP contribution is -2.51. The molecule has 192 valence electrons. The van der Waals surface area contributed by atoms with Crippen molar-refractivity contribution >= 4 is 0 Å². The molecule has 0 saturated heterocycles. The summed E-state index contributed by atoms with van der Waals surface area (Å²) in [6, 6.07) is 5.41. The van der Waals surface area contributed by atoms with Crippen LogP contribution in [0, 0.1) is 5.92 Å². The van der Waals surface area contributed by atoms with Gasteiger partial charge in [0.15, 0.2) is 0 Å². The molecule has 0 N–H and O–H groups in total. The molecule has 0 amide bonds. The molecule has 0 saturated carbocycles. The highest BCUT2D eigenvalue weighted by molar-refractivity contribution is 5.25. The summed E-state index contributed by atoms with van der Waals surface area (Å²) < 4.78 is 58.1. The molecule has 3 nitrogen and oxygen atoms in total. The first-order valence-electron chi connectivity index (χ1n) is 12.6.